The summed E-state index contributed by atoms with van der Waals surface area (Å²) in [6, 6.07) is 14.7. The number of nitrogens with two attached hydrogens (primary N) is 2. The maximum Gasteiger partial charge on any atom is 0.446 e. The van der Waals surface area contributed by atoms with Crippen LogP contribution < -0.4 is 11.5 Å². The summed E-state index contributed by atoms with van der Waals surface area (Å²) in [7, 11) is 0. The quantitative estimate of drug-likeness (QED) is 0.105. The third-order valence-electron chi connectivity index (χ3n) is 10.3. The highest BCUT2D eigenvalue weighted by atomic mass is 35.5. The normalized spacial score (nSPS) is 15.6. The molecule has 2 atom stereocenters. The summed E-state index contributed by atoms with van der Waals surface area (Å²) in [5, 5.41) is 11.3. The predicted molar refractivity (Wildman–Crippen MR) is 257 cm³/mol. The maximum absolute atomic E-state index is 12.5. The number of benzene rings is 2. The molecule has 0 spiro atoms. The van der Waals surface area contributed by atoms with Gasteiger partial charge in [-0.15, -0.1) is 0 Å². The molecule has 0 bridgehead atoms. The zero-order valence-corrected chi connectivity index (χ0v) is 39.7. The first-order chi connectivity index (χ1) is 32.0. The number of aliphatic carboxylic acids is 1. The number of hydrogen-bond donors (Lipinski definition) is 3. The number of carboxylic acids is 1. The van der Waals surface area contributed by atoms with Crippen LogP contribution in [0.5, 0.6) is 0 Å². The van der Waals surface area contributed by atoms with Gasteiger partial charge in [-0.1, -0.05) is 83.8 Å². The van der Waals surface area contributed by atoms with Crippen LogP contribution in [0.2, 0.25) is 20.4 Å². The molecule has 2 fully saturated rings. The summed E-state index contributed by atoms with van der Waals surface area (Å²) in [5.41, 5.74) is 16.4. The van der Waals surface area contributed by atoms with Gasteiger partial charge in [-0.2, -0.15) is 13.2 Å². The van der Waals surface area contributed by atoms with Crippen LogP contribution in [0, 0.1) is 0 Å². The number of rotatable bonds is 6. The van der Waals surface area contributed by atoms with E-state index < -0.39 is 24.0 Å². The smallest absolute Gasteiger partial charge is 0.446 e. The van der Waals surface area contributed by atoms with Gasteiger partial charge in [0, 0.05) is 53.4 Å². The minimum atomic E-state index is -4.64. The number of amides is 2. The number of carboxylic acid groups (broad SMARTS) is 1. The van der Waals surface area contributed by atoms with Gasteiger partial charge in [0.2, 0.25) is 12.2 Å². The number of halogens is 7. The van der Waals surface area contributed by atoms with Crippen molar-refractivity contribution in [2.45, 2.75) is 57.5 Å². The molecule has 4 aromatic heterocycles. The molecule has 23 heteroatoms. The number of carbonyl (C=O) groups excluding carboxylic acids is 3. The number of ether oxygens (including phenoxy) is 1. The Hall–Kier alpha value is -6.41. The van der Waals surface area contributed by atoms with Crippen molar-refractivity contribution < 1.29 is 42.2 Å². The van der Waals surface area contributed by atoms with Crippen LogP contribution >= 0.6 is 46.4 Å². The Labute approximate surface area is 407 Å². The van der Waals surface area contributed by atoms with Crippen molar-refractivity contribution in [2.75, 3.05) is 37.6 Å². The highest BCUT2D eigenvalue weighted by molar-refractivity contribution is 6.36. The fourth-order valence-electron chi connectivity index (χ4n) is 7.41. The van der Waals surface area contributed by atoms with Gasteiger partial charge in [0.25, 0.3) is 0 Å². The van der Waals surface area contributed by atoms with Gasteiger partial charge in [0.1, 0.15) is 51.5 Å². The summed E-state index contributed by atoms with van der Waals surface area (Å²) in [4.78, 5) is 63.1. The lowest BCUT2D eigenvalue weighted by molar-refractivity contribution is -0.156. The van der Waals surface area contributed by atoms with Crippen molar-refractivity contribution in [3.05, 3.63) is 107 Å². The van der Waals surface area contributed by atoms with Crippen molar-refractivity contribution >= 4 is 104 Å². The molecule has 16 nitrogen and oxygen atoms in total. The topological polar surface area (TPSA) is 218 Å². The Balaban J connectivity index is 0.000000209. The van der Waals surface area contributed by atoms with Crippen molar-refractivity contribution in [1.82, 2.24) is 38.9 Å². The van der Waals surface area contributed by atoms with E-state index >= 15 is 0 Å². The number of hydrogen-bond acceptors (Lipinski definition) is 11. The van der Waals surface area contributed by atoms with Gasteiger partial charge >= 0.3 is 18.2 Å². The van der Waals surface area contributed by atoms with Crippen LogP contribution in [-0.2, 0) is 19.1 Å². The minimum absolute atomic E-state index is 0.000694. The molecule has 68 heavy (non-hydrogen) atoms. The first-order valence-electron chi connectivity index (χ1n) is 20.4. The molecule has 0 radical (unpaired) electrons. The number of nitrogen functional groups attached to an aromatic ring is 2. The Bertz CT molecular complexity index is 2830. The van der Waals surface area contributed by atoms with Crippen LogP contribution in [0.1, 0.15) is 45.7 Å². The lowest BCUT2D eigenvalue weighted by Gasteiger charge is -2.24. The van der Waals surface area contributed by atoms with E-state index in [0.29, 0.717) is 80.2 Å². The van der Waals surface area contributed by atoms with Crippen LogP contribution in [0.25, 0.3) is 44.3 Å². The molecule has 0 saturated carbocycles. The third kappa shape index (κ3) is 12.6. The number of likely N-dealkylation sites (tertiary alicyclic amines) is 2. The van der Waals surface area contributed by atoms with Gasteiger partial charge in [-0.3, -0.25) is 9.59 Å². The van der Waals surface area contributed by atoms with Crippen LogP contribution in [-0.4, -0.2) is 106 Å². The molecule has 2 aliphatic rings. The monoisotopic (exact) mass is 1020 g/mol. The Morgan fingerprint density at radius 2 is 1.10 bits per heavy atom. The SMILES string of the molecule is C=CC(=O)N1CC[C@@H](n2c(Cl)c(-c3ccc(Cl)cc3)c3c(N)ncnc32)C1.C=CC(=O)O.CC(C)(C)OC(=O)N1CC[C@@H](n2c(Cl)c(-c3ccc(Cl)cc3)c3c(N)ncnc32)C1.O=CC(F)(F)F. The molecule has 360 valence electrons. The second-order valence-corrected chi connectivity index (χ2v) is 17.6. The molecule has 6 heterocycles. The number of aromatic nitrogens is 6. The van der Waals surface area contributed by atoms with E-state index in [0.717, 1.165) is 41.2 Å². The average Bonchev–Trinajstić information content (AvgIpc) is 4.08. The second-order valence-electron chi connectivity index (χ2n) is 16.0. The molecule has 6 aromatic rings. The van der Waals surface area contributed by atoms with E-state index in [1.165, 1.54) is 18.7 Å². The highest BCUT2D eigenvalue weighted by Crippen LogP contribution is 2.44. The van der Waals surface area contributed by atoms with Gasteiger partial charge in [-0.25, -0.2) is 29.5 Å². The molecule has 8 rings (SSSR count). The first-order valence-corrected chi connectivity index (χ1v) is 21.9. The average molecular weight is 1020 g/mol. The van der Waals surface area contributed by atoms with E-state index in [4.69, 9.17) is 72.5 Å². The van der Waals surface area contributed by atoms with Crippen LogP contribution in [0.4, 0.5) is 29.6 Å². The summed E-state index contributed by atoms with van der Waals surface area (Å²) < 4.78 is 40.7. The fourth-order valence-corrected chi connectivity index (χ4v) is 8.51. The predicted octanol–water partition coefficient (Wildman–Crippen LogP) is 10.1. The molecule has 2 aliphatic heterocycles. The maximum atomic E-state index is 12.5. The van der Waals surface area contributed by atoms with E-state index in [1.807, 2.05) is 54.2 Å². The van der Waals surface area contributed by atoms with Gasteiger partial charge in [-0.05, 0) is 75.1 Å². The number of nitrogens with zero attached hydrogens (tertiary/aromatic N) is 8. The number of alkyl halides is 3. The Morgan fingerprint density at radius 3 is 1.46 bits per heavy atom. The Morgan fingerprint density at radius 1 is 0.721 bits per heavy atom. The Kier molecular flexibility index (Phi) is 17.1. The summed E-state index contributed by atoms with van der Waals surface area (Å²) >= 11 is 25.8. The first kappa shape index (κ1) is 52.6. The molecule has 2 saturated heterocycles. The van der Waals surface area contributed by atoms with Gasteiger partial charge < -0.3 is 40.2 Å². The minimum Gasteiger partial charge on any atom is -0.478 e. The molecule has 2 amide bonds. The van der Waals surface area contributed by atoms with Crippen LogP contribution in [0.15, 0.2) is 86.5 Å². The standard InChI is InChI=1S/C21H23Cl2N5O2.C19H17Cl2N5O.C3H4O2.C2HF3O/c1-21(2,3)30-20(29)27-9-8-14(10-27)28-17(23)15(12-4-6-13(22)7-5-12)16-18(24)25-11-26-19(16)28;1-2-14(27)25-8-7-13(9-25)26-17(21)15(11-3-5-12(20)6-4-11)16-18(22)23-10-24-19(16)26;1-2-3(4)5;3-2(4,5)1-6/h4-7,11,14H,8-10H2,1-3H3,(H2,24,25,26);2-6,10,13H,1,7-9H2,(H2,22,23,24);2H,1H2,(H,4,5);1H/t14-;13-;;/m11../s1. The molecule has 0 unspecified atom stereocenters. The summed E-state index contributed by atoms with van der Waals surface area (Å²) in [5.74, 6) is -0.350. The van der Waals surface area contributed by atoms with E-state index in [1.54, 1.807) is 34.1 Å². The molecular weight excluding hydrogens is 975 g/mol. The van der Waals surface area contributed by atoms with Crippen molar-refractivity contribution in [2.24, 2.45) is 0 Å². The van der Waals surface area contributed by atoms with Crippen molar-refractivity contribution in [3.8, 4) is 22.3 Å². The molecular formula is C45H45Cl4F3N10O6. The van der Waals surface area contributed by atoms with E-state index in [2.05, 4.69) is 33.1 Å². The largest absolute Gasteiger partial charge is 0.478 e. The zero-order valence-electron chi connectivity index (χ0n) is 36.7. The molecule has 2 aromatic carbocycles. The number of anilines is 2. The second kappa shape index (κ2) is 22.1. The third-order valence-corrected chi connectivity index (χ3v) is 11.5. The fraction of sp³-hybridized carbons (Fsp3) is 0.289. The van der Waals surface area contributed by atoms with Gasteiger partial charge in [0.05, 0.1) is 22.9 Å². The van der Waals surface area contributed by atoms with Crippen molar-refractivity contribution in [1.29, 1.82) is 0 Å². The lowest BCUT2D eigenvalue weighted by atomic mass is 10.1. The van der Waals surface area contributed by atoms with E-state index in [9.17, 15) is 27.6 Å². The summed E-state index contributed by atoms with van der Waals surface area (Å²) in [6.45, 7) is 14.3. The van der Waals surface area contributed by atoms with Gasteiger partial charge in [0.15, 0.2) is 0 Å². The van der Waals surface area contributed by atoms with Crippen molar-refractivity contribution in [3.63, 3.8) is 0 Å². The lowest BCUT2D eigenvalue weighted by Crippen LogP contribution is -2.35. The molecule has 5 N–H and O–H groups in total. The number of fused-ring (bicyclic) bond motifs is 2. The van der Waals surface area contributed by atoms with E-state index in [-0.39, 0.29) is 24.1 Å². The highest BCUT2D eigenvalue weighted by Gasteiger charge is 2.35. The van der Waals surface area contributed by atoms with Crippen LogP contribution in [0.3, 0.4) is 0 Å². The molecule has 0 aliphatic carbocycles. The summed E-state index contributed by atoms with van der Waals surface area (Å²) in [6.07, 6.45) is 0.489. The number of carbonyl (C=O) groups is 4. The number of aldehydes is 1. The zero-order chi connectivity index (χ0) is 50.2.